The van der Waals surface area contributed by atoms with Crippen molar-refractivity contribution in [2.24, 2.45) is 5.92 Å². The number of hydrogen-bond donors (Lipinski definition) is 1. The molecule has 1 aliphatic carbocycles. The summed E-state index contributed by atoms with van der Waals surface area (Å²) < 4.78 is 18.4. The monoisotopic (exact) mass is 237 g/mol. The van der Waals surface area contributed by atoms with E-state index in [1.165, 1.54) is 18.9 Å². The maximum absolute atomic E-state index is 13.1. The molecular weight excluding hydrogens is 217 g/mol. The van der Waals surface area contributed by atoms with E-state index in [1.807, 2.05) is 6.07 Å². The Labute approximate surface area is 102 Å². The van der Waals surface area contributed by atoms with Gasteiger partial charge in [-0.1, -0.05) is 12.1 Å². The lowest BCUT2D eigenvalue weighted by molar-refractivity contribution is 0.152. The molecule has 2 rings (SSSR count). The lowest BCUT2D eigenvalue weighted by Gasteiger charge is -2.23. The third kappa shape index (κ3) is 3.51. The zero-order valence-electron chi connectivity index (χ0n) is 10.4. The van der Waals surface area contributed by atoms with E-state index in [2.05, 4.69) is 12.2 Å². The van der Waals surface area contributed by atoms with E-state index in [9.17, 15) is 4.39 Å². The minimum absolute atomic E-state index is 0.159. The molecule has 2 atom stereocenters. The average molecular weight is 237 g/mol. The van der Waals surface area contributed by atoms with E-state index in [1.54, 1.807) is 19.2 Å². The van der Waals surface area contributed by atoms with Gasteiger partial charge in [0.15, 0.2) is 0 Å². The van der Waals surface area contributed by atoms with Gasteiger partial charge in [0, 0.05) is 19.2 Å². The quantitative estimate of drug-likeness (QED) is 0.821. The van der Waals surface area contributed by atoms with Gasteiger partial charge in [-0.2, -0.15) is 0 Å². The molecule has 0 heterocycles. The summed E-state index contributed by atoms with van der Waals surface area (Å²) in [6, 6.07) is 7.32. The van der Waals surface area contributed by atoms with Crippen LogP contribution in [-0.4, -0.2) is 19.8 Å². The van der Waals surface area contributed by atoms with E-state index in [-0.39, 0.29) is 11.9 Å². The van der Waals surface area contributed by atoms with Crippen molar-refractivity contribution in [3.05, 3.63) is 35.6 Å². The van der Waals surface area contributed by atoms with E-state index in [0.29, 0.717) is 6.04 Å². The summed E-state index contributed by atoms with van der Waals surface area (Å²) in [5.41, 5.74) is 0.992. The van der Waals surface area contributed by atoms with Crippen LogP contribution in [0.2, 0.25) is 0 Å². The van der Waals surface area contributed by atoms with Crippen molar-refractivity contribution in [2.45, 2.75) is 31.8 Å². The Morgan fingerprint density at radius 1 is 1.47 bits per heavy atom. The number of ether oxygens (including phenoxy) is 1. The summed E-state index contributed by atoms with van der Waals surface area (Å²) in [5.74, 6) is 0.553. The molecule has 1 saturated carbocycles. The van der Waals surface area contributed by atoms with E-state index >= 15 is 0 Å². The molecule has 1 aromatic carbocycles. The van der Waals surface area contributed by atoms with Crippen molar-refractivity contribution >= 4 is 0 Å². The van der Waals surface area contributed by atoms with Crippen molar-refractivity contribution in [1.82, 2.24) is 5.32 Å². The van der Waals surface area contributed by atoms with Crippen LogP contribution in [0.4, 0.5) is 4.39 Å². The van der Waals surface area contributed by atoms with Gasteiger partial charge in [-0.05, 0) is 43.4 Å². The van der Waals surface area contributed by atoms with Gasteiger partial charge in [-0.15, -0.1) is 0 Å². The van der Waals surface area contributed by atoms with Crippen molar-refractivity contribution in [3.8, 4) is 0 Å². The van der Waals surface area contributed by atoms with Gasteiger partial charge in [0.25, 0.3) is 0 Å². The number of nitrogens with one attached hydrogen (secondary N) is 1. The van der Waals surface area contributed by atoms with E-state index in [4.69, 9.17) is 4.74 Å². The molecule has 1 N–H and O–H groups in total. The van der Waals surface area contributed by atoms with Crippen LogP contribution in [0.15, 0.2) is 24.3 Å². The zero-order valence-corrected chi connectivity index (χ0v) is 10.4. The van der Waals surface area contributed by atoms with Crippen LogP contribution in [0.5, 0.6) is 0 Å². The van der Waals surface area contributed by atoms with Crippen LogP contribution >= 0.6 is 0 Å². The van der Waals surface area contributed by atoms with E-state index < -0.39 is 0 Å². The molecule has 0 spiro atoms. The first-order valence-electron chi connectivity index (χ1n) is 6.21. The maximum atomic E-state index is 13.1. The Morgan fingerprint density at radius 2 is 2.24 bits per heavy atom. The lowest BCUT2D eigenvalue weighted by atomic mass is 10.1. The number of methoxy groups -OCH3 is 1. The highest BCUT2D eigenvalue weighted by Gasteiger charge is 2.31. The molecular formula is C14H20FNO. The average Bonchev–Trinajstić information content (AvgIpc) is 3.12. The summed E-state index contributed by atoms with van der Waals surface area (Å²) in [6.45, 7) is 2.80. The summed E-state index contributed by atoms with van der Waals surface area (Å²) in [4.78, 5) is 0. The molecule has 0 saturated heterocycles. The summed E-state index contributed by atoms with van der Waals surface area (Å²) in [7, 11) is 1.73. The van der Waals surface area contributed by atoms with Gasteiger partial charge in [0.05, 0.1) is 6.61 Å². The SMILES string of the molecule is COCC(N[C@@H](C)c1cccc(F)c1)C1CC1. The molecule has 1 fully saturated rings. The Hall–Kier alpha value is -0.930. The minimum Gasteiger partial charge on any atom is -0.383 e. The maximum Gasteiger partial charge on any atom is 0.123 e. The molecule has 0 amide bonds. The number of rotatable bonds is 6. The van der Waals surface area contributed by atoms with Gasteiger partial charge in [0.2, 0.25) is 0 Å². The molecule has 0 aliphatic heterocycles. The molecule has 1 aromatic rings. The first-order valence-corrected chi connectivity index (χ1v) is 6.21. The lowest BCUT2D eigenvalue weighted by Crippen LogP contribution is -2.37. The fraction of sp³-hybridized carbons (Fsp3) is 0.571. The molecule has 0 aromatic heterocycles. The Kier molecular flexibility index (Phi) is 4.13. The van der Waals surface area contributed by atoms with Crippen molar-refractivity contribution in [3.63, 3.8) is 0 Å². The van der Waals surface area contributed by atoms with Crippen LogP contribution < -0.4 is 5.32 Å². The van der Waals surface area contributed by atoms with Crippen molar-refractivity contribution < 1.29 is 9.13 Å². The molecule has 0 bridgehead atoms. The van der Waals surface area contributed by atoms with Gasteiger partial charge in [-0.25, -0.2) is 4.39 Å². The standard InChI is InChI=1S/C14H20FNO/c1-10(12-4-3-5-13(15)8-12)16-14(9-17-2)11-6-7-11/h3-5,8,10-11,14,16H,6-7,9H2,1-2H3/t10-,14?/m0/s1. The number of benzene rings is 1. The largest absolute Gasteiger partial charge is 0.383 e. The van der Waals surface area contributed by atoms with Crippen LogP contribution in [0.3, 0.4) is 0 Å². The van der Waals surface area contributed by atoms with Gasteiger partial charge in [-0.3, -0.25) is 0 Å². The predicted molar refractivity (Wildman–Crippen MR) is 66.3 cm³/mol. The first-order chi connectivity index (χ1) is 8.20. The summed E-state index contributed by atoms with van der Waals surface area (Å²) >= 11 is 0. The fourth-order valence-electron chi connectivity index (χ4n) is 2.19. The van der Waals surface area contributed by atoms with Crippen LogP contribution in [0.1, 0.15) is 31.4 Å². The molecule has 17 heavy (non-hydrogen) atoms. The van der Waals surface area contributed by atoms with Gasteiger partial charge in [0.1, 0.15) is 5.82 Å². The molecule has 2 nitrogen and oxygen atoms in total. The second kappa shape index (κ2) is 5.61. The normalized spacial score (nSPS) is 19.0. The molecule has 1 unspecified atom stereocenters. The highest BCUT2D eigenvalue weighted by atomic mass is 19.1. The van der Waals surface area contributed by atoms with Gasteiger partial charge < -0.3 is 10.1 Å². The second-order valence-corrected chi connectivity index (χ2v) is 4.84. The zero-order chi connectivity index (χ0) is 12.3. The topological polar surface area (TPSA) is 21.3 Å². The highest BCUT2D eigenvalue weighted by Crippen LogP contribution is 2.33. The first kappa shape index (κ1) is 12.5. The van der Waals surface area contributed by atoms with Crippen LogP contribution in [-0.2, 0) is 4.74 Å². The summed E-state index contributed by atoms with van der Waals surface area (Å²) in [6.07, 6.45) is 2.55. The fourth-order valence-corrected chi connectivity index (χ4v) is 2.19. The smallest absolute Gasteiger partial charge is 0.123 e. The third-order valence-electron chi connectivity index (χ3n) is 3.35. The molecule has 0 radical (unpaired) electrons. The predicted octanol–water partition coefficient (Wildman–Crippen LogP) is 2.90. The van der Waals surface area contributed by atoms with Crippen molar-refractivity contribution in [1.29, 1.82) is 0 Å². The molecule has 94 valence electrons. The highest BCUT2D eigenvalue weighted by molar-refractivity contribution is 5.19. The Balaban J connectivity index is 1.96. The van der Waals surface area contributed by atoms with Gasteiger partial charge >= 0.3 is 0 Å². The molecule has 1 aliphatic rings. The summed E-state index contributed by atoms with van der Waals surface area (Å²) in [5, 5.41) is 3.53. The Bertz CT molecular complexity index is 365. The third-order valence-corrected chi connectivity index (χ3v) is 3.35. The molecule has 3 heteroatoms. The Morgan fingerprint density at radius 3 is 2.82 bits per heavy atom. The van der Waals surface area contributed by atoms with Crippen molar-refractivity contribution in [2.75, 3.05) is 13.7 Å². The minimum atomic E-state index is -0.175. The van der Waals surface area contributed by atoms with E-state index in [0.717, 1.165) is 18.1 Å². The van der Waals surface area contributed by atoms with Crippen LogP contribution in [0, 0.1) is 11.7 Å². The number of hydrogen-bond acceptors (Lipinski definition) is 2. The second-order valence-electron chi connectivity index (χ2n) is 4.84. The van der Waals surface area contributed by atoms with Crippen LogP contribution in [0.25, 0.3) is 0 Å². The number of halogens is 1.